The SMILES string of the molecule is CCc1nc(NC(C)c2cn(C(C)(C)C)nc2C)c2ccsc2n1. The van der Waals surface area contributed by atoms with Crippen LogP contribution >= 0.6 is 11.3 Å². The van der Waals surface area contributed by atoms with E-state index in [4.69, 9.17) is 4.98 Å². The molecule has 0 bridgehead atoms. The number of aryl methyl sites for hydroxylation is 2. The standard InChI is InChI=1S/C18H25N5S/c1-7-15-20-16(13-8-9-24-17(13)21-15)19-11(2)14-10-23(18(4,5)6)22-12(14)3/h8-11H,7H2,1-6H3,(H,19,20,21). The number of thiophene rings is 1. The van der Waals surface area contributed by atoms with Crippen molar-refractivity contribution >= 4 is 27.4 Å². The van der Waals surface area contributed by atoms with E-state index in [1.165, 1.54) is 5.56 Å². The molecule has 0 radical (unpaired) electrons. The summed E-state index contributed by atoms with van der Waals surface area (Å²) in [4.78, 5) is 10.3. The zero-order chi connectivity index (χ0) is 17.5. The maximum atomic E-state index is 4.70. The second-order valence-corrected chi connectivity index (χ2v) is 8.03. The Morgan fingerprint density at radius 3 is 2.67 bits per heavy atom. The van der Waals surface area contributed by atoms with Gasteiger partial charge in [-0.15, -0.1) is 11.3 Å². The third-order valence-corrected chi connectivity index (χ3v) is 4.94. The van der Waals surface area contributed by atoms with Crippen LogP contribution < -0.4 is 5.32 Å². The third kappa shape index (κ3) is 3.15. The molecule has 1 unspecified atom stereocenters. The highest BCUT2D eigenvalue weighted by Gasteiger charge is 2.20. The molecule has 3 heterocycles. The maximum Gasteiger partial charge on any atom is 0.138 e. The van der Waals surface area contributed by atoms with Crippen LogP contribution in [0.5, 0.6) is 0 Å². The minimum Gasteiger partial charge on any atom is -0.363 e. The Balaban J connectivity index is 1.94. The van der Waals surface area contributed by atoms with Crippen LogP contribution in [-0.2, 0) is 12.0 Å². The molecular formula is C18H25N5S. The Morgan fingerprint density at radius 2 is 2.04 bits per heavy atom. The molecule has 0 amide bonds. The molecule has 3 aromatic rings. The molecule has 1 N–H and O–H groups in total. The van der Waals surface area contributed by atoms with Gasteiger partial charge in [-0.2, -0.15) is 5.10 Å². The highest BCUT2D eigenvalue weighted by Crippen LogP contribution is 2.29. The van der Waals surface area contributed by atoms with Crippen molar-refractivity contribution in [3.05, 3.63) is 34.7 Å². The number of hydrogen-bond donors (Lipinski definition) is 1. The fraction of sp³-hybridized carbons (Fsp3) is 0.500. The molecule has 1 atom stereocenters. The van der Waals surface area contributed by atoms with E-state index in [9.17, 15) is 0 Å². The Labute approximate surface area is 147 Å². The molecule has 3 aromatic heterocycles. The van der Waals surface area contributed by atoms with Crippen molar-refractivity contribution in [3.63, 3.8) is 0 Å². The van der Waals surface area contributed by atoms with Crippen molar-refractivity contribution in [2.24, 2.45) is 0 Å². The van der Waals surface area contributed by atoms with Gasteiger partial charge in [0.1, 0.15) is 16.5 Å². The summed E-state index contributed by atoms with van der Waals surface area (Å²) in [5, 5.41) is 11.4. The van der Waals surface area contributed by atoms with Gasteiger partial charge < -0.3 is 5.32 Å². The summed E-state index contributed by atoms with van der Waals surface area (Å²) in [6, 6.07) is 2.21. The van der Waals surface area contributed by atoms with Crippen molar-refractivity contribution in [1.29, 1.82) is 0 Å². The zero-order valence-corrected chi connectivity index (χ0v) is 16.0. The monoisotopic (exact) mass is 343 g/mol. The zero-order valence-electron chi connectivity index (χ0n) is 15.2. The molecule has 0 aromatic carbocycles. The molecule has 24 heavy (non-hydrogen) atoms. The summed E-state index contributed by atoms with van der Waals surface area (Å²) in [5.41, 5.74) is 2.23. The fourth-order valence-corrected chi connectivity index (χ4v) is 3.48. The van der Waals surface area contributed by atoms with Crippen molar-refractivity contribution in [2.75, 3.05) is 5.32 Å². The van der Waals surface area contributed by atoms with Crippen molar-refractivity contribution in [3.8, 4) is 0 Å². The number of hydrogen-bond acceptors (Lipinski definition) is 5. The van der Waals surface area contributed by atoms with Crippen LogP contribution in [0.25, 0.3) is 10.2 Å². The summed E-state index contributed by atoms with van der Waals surface area (Å²) in [5.74, 6) is 1.79. The molecule has 3 rings (SSSR count). The van der Waals surface area contributed by atoms with Gasteiger partial charge in [-0.05, 0) is 46.1 Å². The van der Waals surface area contributed by atoms with E-state index in [1.807, 2.05) is 4.68 Å². The predicted molar refractivity (Wildman–Crippen MR) is 101 cm³/mol. The van der Waals surface area contributed by atoms with Crippen LogP contribution in [0.4, 0.5) is 5.82 Å². The van der Waals surface area contributed by atoms with Crippen molar-refractivity contribution in [2.45, 2.75) is 59.5 Å². The van der Waals surface area contributed by atoms with Crippen molar-refractivity contribution in [1.82, 2.24) is 19.7 Å². The van der Waals surface area contributed by atoms with Crippen LogP contribution in [0.2, 0.25) is 0 Å². The minimum absolute atomic E-state index is 0.0202. The van der Waals surface area contributed by atoms with Crippen LogP contribution in [-0.4, -0.2) is 19.7 Å². The number of rotatable bonds is 4. The molecule has 6 heteroatoms. The second-order valence-electron chi connectivity index (χ2n) is 7.13. The van der Waals surface area contributed by atoms with Gasteiger partial charge in [0.05, 0.1) is 22.7 Å². The van der Waals surface area contributed by atoms with Crippen molar-refractivity contribution < 1.29 is 0 Å². The van der Waals surface area contributed by atoms with E-state index in [-0.39, 0.29) is 11.6 Å². The summed E-state index contributed by atoms with van der Waals surface area (Å²) in [7, 11) is 0. The second kappa shape index (κ2) is 6.16. The molecule has 0 aliphatic rings. The largest absolute Gasteiger partial charge is 0.363 e. The van der Waals surface area contributed by atoms with Gasteiger partial charge in [0.15, 0.2) is 0 Å². The first-order valence-electron chi connectivity index (χ1n) is 8.37. The average Bonchev–Trinajstić information content (AvgIpc) is 3.12. The van der Waals surface area contributed by atoms with E-state index in [0.717, 1.165) is 34.0 Å². The van der Waals surface area contributed by atoms with Gasteiger partial charge in [-0.25, -0.2) is 9.97 Å². The molecule has 0 spiro atoms. The van der Waals surface area contributed by atoms with Gasteiger partial charge in [-0.3, -0.25) is 4.68 Å². The lowest BCUT2D eigenvalue weighted by Crippen LogP contribution is -2.22. The minimum atomic E-state index is -0.0202. The summed E-state index contributed by atoms with van der Waals surface area (Å²) >= 11 is 1.66. The molecule has 0 aliphatic carbocycles. The number of fused-ring (bicyclic) bond motifs is 1. The predicted octanol–water partition coefficient (Wildman–Crippen LogP) is 4.69. The van der Waals surface area contributed by atoms with E-state index in [0.29, 0.717) is 0 Å². The molecule has 5 nitrogen and oxygen atoms in total. The molecule has 0 aliphatic heterocycles. The molecule has 128 valence electrons. The molecule has 0 saturated heterocycles. The topological polar surface area (TPSA) is 55.6 Å². The Hall–Kier alpha value is -1.95. The number of nitrogens with zero attached hydrogens (tertiary/aromatic N) is 4. The maximum absolute atomic E-state index is 4.70. The van der Waals surface area contributed by atoms with E-state index in [1.54, 1.807) is 11.3 Å². The number of anilines is 1. The summed E-state index contributed by atoms with van der Waals surface area (Å²) < 4.78 is 2.04. The lowest BCUT2D eigenvalue weighted by atomic mass is 10.1. The van der Waals surface area contributed by atoms with Gasteiger partial charge in [0.2, 0.25) is 0 Å². The first kappa shape index (κ1) is 16.9. The molecule has 0 saturated carbocycles. The number of nitrogens with one attached hydrogen (secondary N) is 1. The van der Waals surface area contributed by atoms with Gasteiger partial charge in [0.25, 0.3) is 0 Å². The average molecular weight is 344 g/mol. The highest BCUT2D eigenvalue weighted by molar-refractivity contribution is 7.16. The lowest BCUT2D eigenvalue weighted by molar-refractivity contribution is 0.354. The Kier molecular flexibility index (Phi) is 4.34. The van der Waals surface area contributed by atoms with E-state index in [2.05, 4.69) is 74.6 Å². The molecule has 0 fully saturated rings. The molecular weight excluding hydrogens is 318 g/mol. The van der Waals surface area contributed by atoms with Gasteiger partial charge in [0, 0.05) is 18.2 Å². The smallest absolute Gasteiger partial charge is 0.138 e. The van der Waals surface area contributed by atoms with Gasteiger partial charge in [-0.1, -0.05) is 6.92 Å². The Bertz CT molecular complexity index is 856. The highest BCUT2D eigenvalue weighted by atomic mass is 32.1. The quantitative estimate of drug-likeness (QED) is 0.747. The summed E-state index contributed by atoms with van der Waals surface area (Å²) in [6.45, 7) is 12.8. The van der Waals surface area contributed by atoms with Crippen LogP contribution in [0.1, 0.15) is 57.7 Å². The van der Waals surface area contributed by atoms with Crippen LogP contribution in [0.15, 0.2) is 17.6 Å². The first-order chi connectivity index (χ1) is 11.3. The number of aromatic nitrogens is 4. The third-order valence-electron chi connectivity index (χ3n) is 4.13. The first-order valence-corrected chi connectivity index (χ1v) is 9.25. The van der Waals surface area contributed by atoms with E-state index >= 15 is 0 Å². The van der Waals surface area contributed by atoms with Crippen LogP contribution in [0.3, 0.4) is 0 Å². The van der Waals surface area contributed by atoms with Crippen LogP contribution in [0, 0.1) is 6.92 Å². The normalized spacial score (nSPS) is 13.4. The summed E-state index contributed by atoms with van der Waals surface area (Å²) in [6.07, 6.45) is 2.97. The Morgan fingerprint density at radius 1 is 1.29 bits per heavy atom. The van der Waals surface area contributed by atoms with E-state index < -0.39 is 0 Å². The lowest BCUT2D eigenvalue weighted by Gasteiger charge is -2.19. The van der Waals surface area contributed by atoms with Gasteiger partial charge >= 0.3 is 0 Å². The fourth-order valence-electron chi connectivity index (χ4n) is 2.69.